The van der Waals surface area contributed by atoms with Crippen LogP contribution >= 0.6 is 0 Å². The number of ether oxygens (including phenoxy) is 1. The zero-order valence-corrected chi connectivity index (χ0v) is 9.66. The zero-order chi connectivity index (χ0) is 12.0. The van der Waals surface area contributed by atoms with Gasteiger partial charge in [0.25, 0.3) is 0 Å². The van der Waals surface area contributed by atoms with Crippen LogP contribution in [-0.2, 0) is 12.8 Å². The van der Waals surface area contributed by atoms with Gasteiger partial charge in [0.15, 0.2) is 0 Å². The maximum Gasteiger partial charge on any atom is 0.213 e. The largest absolute Gasteiger partial charge is 0.481 e. The Bertz CT molecular complexity index is 369. The predicted molar refractivity (Wildman–Crippen MR) is 60.3 cm³/mol. The first-order valence-electron chi connectivity index (χ1n) is 5.34. The average molecular weight is 220 g/mol. The van der Waals surface area contributed by atoms with E-state index in [2.05, 4.69) is 11.1 Å². The summed E-state index contributed by atoms with van der Waals surface area (Å²) in [6.07, 6.45) is 2.13. The molecule has 0 aliphatic heterocycles. The van der Waals surface area contributed by atoms with Crippen molar-refractivity contribution in [1.82, 2.24) is 4.98 Å². The maximum atomic E-state index is 9.10. The van der Waals surface area contributed by atoms with Crippen molar-refractivity contribution in [2.24, 2.45) is 0 Å². The van der Waals surface area contributed by atoms with Crippen LogP contribution in [0.2, 0.25) is 0 Å². The third-order valence-electron chi connectivity index (χ3n) is 2.34. The van der Waals surface area contributed by atoms with Gasteiger partial charge in [0.05, 0.1) is 18.4 Å². The molecule has 16 heavy (non-hydrogen) atoms. The number of nitriles is 1. The van der Waals surface area contributed by atoms with E-state index < -0.39 is 0 Å². The lowest BCUT2D eigenvalue weighted by molar-refractivity contribution is 0.299. The number of aliphatic hydroxyl groups is 1. The third-order valence-corrected chi connectivity index (χ3v) is 2.34. The average Bonchev–Trinajstić information content (AvgIpc) is 2.29. The molecule has 0 bridgehead atoms. The van der Waals surface area contributed by atoms with Gasteiger partial charge in [-0.2, -0.15) is 5.26 Å². The Labute approximate surface area is 95.5 Å². The van der Waals surface area contributed by atoms with Gasteiger partial charge in [-0.05, 0) is 18.4 Å². The van der Waals surface area contributed by atoms with E-state index in [1.807, 2.05) is 6.92 Å². The smallest absolute Gasteiger partial charge is 0.213 e. The fourth-order valence-corrected chi connectivity index (χ4v) is 1.60. The molecule has 1 rings (SSSR count). The molecule has 1 aromatic heterocycles. The number of rotatable bonds is 5. The molecule has 0 saturated heterocycles. The Morgan fingerprint density at radius 1 is 1.50 bits per heavy atom. The highest BCUT2D eigenvalue weighted by atomic mass is 16.5. The van der Waals surface area contributed by atoms with Crippen LogP contribution in [0.15, 0.2) is 6.07 Å². The first-order chi connectivity index (χ1) is 7.76. The minimum Gasteiger partial charge on any atom is -0.481 e. The van der Waals surface area contributed by atoms with Crippen LogP contribution in [0.3, 0.4) is 0 Å². The number of aryl methyl sites for hydroxylation is 1. The van der Waals surface area contributed by atoms with Crippen molar-refractivity contribution in [2.45, 2.75) is 26.2 Å². The van der Waals surface area contributed by atoms with Gasteiger partial charge in [0.2, 0.25) is 5.88 Å². The van der Waals surface area contributed by atoms with E-state index in [1.165, 1.54) is 0 Å². The molecule has 0 unspecified atom stereocenters. The van der Waals surface area contributed by atoms with E-state index in [4.69, 9.17) is 15.1 Å². The second-order valence-corrected chi connectivity index (χ2v) is 3.48. The topological polar surface area (TPSA) is 66.1 Å². The van der Waals surface area contributed by atoms with Gasteiger partial charge in [0, 0.05) is 12.7 Å². The molecule has 4 nitrogen and oxygen atoms in total. The van der Waals surface area contributed by atoms with Crippen molar-refractivity contribution >= 4 is 0 Å². The molecule has 0 aliphatic carbocycles. The Morgan fingerprint density at radius 3 is 2.75 bits per heavy atom. The van der Waals surface area contributed by atoms with E-state index in [1.54, 1.807) is 13.2 Å². The highest BCUT2D eigenvalue weighted by Crippen LogP contribution is 2.20. The summed E-state index contributed by atoms with van der Waals surface area (Å²) in [6, 6.07) is 3.87. The van der Waals surface area contributed by atoms with Crippen molar-refractivity contribution < 1.29 is 9.84 Å². The Balaban J connectivity index is 3.23. The molecular formula is C12H16N2O2. The van der Waals surface area contributed by atoms with Crippen LogP contribution in [-0.4, -0.2) is 23.8 Å². The summed E-state index contributed by atoms with van der Waals surface area (Å²) in [5, 5.41) is 18.1. The van der Waals surface area contributed by atoms with E-state index in [0.29, 0.717) is 17.9 Å². The summed E-state index contributed by atoms with van der Waals surface area (Å²) < 4.78 is 5.09. The SMILES string of the molecule is CCCc1nc(OC)cc(CCO)c1C#N. The monoisotopic (exact) mass is 220 g/mol. The van der Waals surface area contributed by atoms with E-state index >= 15 is 0 Å². The lowest BCUT2D eigenvalue weighted by atomic mass is 10.0. The van der Waals surface area contributed by atoms with Gasteiger partial charge in [-0.1, -0.05) is 13.3 Å². The number of aliphatic hydroxyl groups excluding tert-OH is 1. The molecule has 0 radical (unpaired) electrons. The van der Waals surface area contributed by atoms with Crippen molar-refractivity contribution in [3.05, 3.63) is 22.9 Å². The van der Waals surface area contributed by atoms with Crippen LogP contribution < -0.4 is 4.74 Å². The molecule has 0 amide bonds. The van der Waals surface area contributed by atoms with Crippen LogP contribution in [0.4, 0.5) is 0 Å². The molecular weight excluding hydrogens is 204 g/mol. The number of nitrogens with zero attached hydrogens (tertiary/aromatic N) is 2. The molecule has 0 aliphatic rings. The minimum absolute atomic E-state index is 0.0212. The van der Waals surface area contributed by atoms with Crippen molar-refractivity contribution in [1.29, 1.82) is 5.26 Å². The molecule has 4 heteroatoms. The predicted octanol–water partition coefficient (Wildman–Crippen LogP) is 1.45. The summed E-state index contributed by atoms with van der Waals surface area (Å²) >= 11 is 0. The molecule has 0 saturated carbocycles. The number of hydrogen-bond donors (Lipinski definition) is 1. The molecule has 0 atom stereocenters. The fourth-order valence-electron chi connectivity index (χ4n) is 1.60. The second-order valence-electron chi connectivity index (χ2n) is 3.48. The number of hydrogen-bond acceptors (Lipinski definition) is 4. The van der Waals surface area contributed by atoms with Crippen molar-refractivity contribution in [3.63, 3.8) is 0 Å². The third kappa shape index (κ3) is 2.71. The summed E-state index contributed by atoms with van der Waals surface area (Å²) in [4.78, 5) is 4.27. The van der Waals surface area contributed by atoms with Crippen LogP contribution in [0, 0.1) is 11.3 Å². The molecule has 1 aromatic rings. The normalized spacial score (nSPS) is 9.88. The van der Waals surface area contributed by atoms with Gasteiger partial charge < -0.3 is 9.84 Å². The number of pyridine rings is 1. The van der Waals surface area contributed by atoms with E-state index in [0.717, 1.165) is 24.1 Å². The lowest BCUT2D eigenvalue weighted by Crippen LogP contribution is -2.04. The quantitative estimate of drug-likeness (QED) is 0.815. The number of aromatic nitrogens is 1. The van der Waals surface area contributed by atoms with Crippen molar-refractivity contribution in [3.8, 4) is 11.9 Å². The Morgan fingerprint density at radius 2 is 2.25 bits per heavy atom. The summed E-state index contributed by atoms with van der Waals surface area (Å²) in [7, 11) is 1.55. The van der Waals surface area contributed by atoms with E-state index in [-0.39, 0.29) is 6.61 Å². The lowest BCUT2D eigenvalue weighted by Gasteiger charge is -2.09. The molecule has 1 N–H and O–H groups in total. The summed E-state index contributed by atoms with van der Waals surface area (Å²) in [6.45, 7) is 2.06. The maximum absolute atomic E-state index is 9.10. The fraction of sp³-hybridized carbons (Fsp3) is 0.500. The van der Waals surface area contributed by atoms with Gasteiger partial charge in [-0.3, -0.25) is 0 Å². The highest BCUT2D eigenvalue weighted by molar-refractivity contribution is 5.44. The van der Waals surface area contributed by atoms with Crippen LogP contribution in [0.25, 0.3) is 0 Å². The zero-order valence-electron chi connectivity index (χ0n) is 9.66. The van der Waals surface area contributed by atoms with Gasteiger partial charge in [0.1, 0.15) is 6.07 Å². The molecule has 1 heterocycles. The van der Waals surface area contributed by atoms with Gasteiger partial charge >= 0.3 is 0 Å². The first kappa shape index (κ1) is 12.5. The molecule has 0 fully saturated rings. The van der Waals surface area contributed by atoms with Gasteiger partial charge in [-0.15, -0.1) is 0 Å². The summed E-state index contributed by atoms with van der Waals surface area (Å²) in [5.74, 6) is 0.505. The Hall–Kier alpha value is -1.60. The highest BCUT2D eigenvalue weighted by Gasteiger charge is 2.11. The molecule has 0 aromatic carbocycles. The molecule has 86 valence electrons. The van der Waals surface area contributed by atoms with Crippen molar-refractivity contribution in [2.75, 3.05) is 13.7 Å². The van der Waals surface area contributed by atoms with Gasteiger partial charge in [-0.25, -0.2) is 4.98 Å². The van der Waals surface area contributed by atoms with Crippen LogP contribution in [0.5, 0.6) is 5.88 Å². The van der Waals surface area contributed by atoms with Crippen LogP contribution in [0.1, 0.15) is 30.2 Å². The summed E-state index contributed by atoms with van der Waals surface area (Å²) in [5.41, 5.74) is 2.14. The number of methoxy groups -OCH3 is 1. The molecule has 0 spiro atoms. The first-order valence-corrected chi connectivity index (χ1v) is 5.34. The standard InChI is InChI=1S/C12H16N2O2/c1-3-4-11-10(8-13)9(5-6-15)7-12(14-11)16-2/h7,15H,3-6H2,1-2H3. The van der Waals surface area contributed by atoms with E-state index in [9.17, 15) is 0 Å². The Kier molecular flexibility index (Phi) is 4.74. The second kappa shape index (κ2) is 6.09. The minimum atomic E-state index is 0.0212.